The Bertz CT molecular complexity index is 595. The van der Waals surface area contributed by atoms with Gasteiger partial charge in [0, 0.05) is 11.1 Å². The quantitative estimate of drug-likeness (QED) is 0.821. The molecule has 2 aromatic rings. The summed E-state index contributed by atoms with van der Waals surface area (Å²) in [7, 11) is 0. The van der Waals surface area contributed by atoms with E-state index in [0.717, 1.165) is 12.2 Å². The molecule has 0 radical (unpaired) electrons. The summed E-state index contributed by atoms with van der Waals surface area (Å²) >= 11 is 5.94. The summed E-state index contributed by atoms with van der Waals surface area (Å²) in [4.78, 5) is 0. The summed E-state index contributed by atoms with van der Waals surface area (Å²) in [5.41, 5.74) is 9.28. The average molecular weight is 260 g/mol. The van der Waals surface area contributed by atoms with Crippen LogP contribution in [0.5, 0.6) is 11.5 Å². The normalized spacial score (nSPS) is 13.4. The average Bonchev–Trinajstić information content (AvgIpc) is 2.81. The Hall–Kier alpha value is -1.67. The summed E-state index contributed by atoms with van der Waals surface area (Å²) < 4.78 is 5.81. The van der Waals surface area contributed by atoms with E-state index in [2.05, 4.69) is 12.1 Å². The first-order valence-electron chi connectivity index (χ1n) is 6.07. The number of nitrogens with two attached hydrogens (primary N) is 1. The van der Waals surface area contributed by atoms with E-state index in [1.54, 1.807) is 18.2 Å². The minimum atomic E-state index is 0.597. The number of benzene rings is 2. The maximum Gasteiger partial charge on any atom is 0.151 e. The van der Waals surface area contributed by atoms with Crippen LogP contribution in [0.25, 0.3) is 0 Å². The lowest BCUT2D eigenvalue weighted by molar-refractivity contribution is 0.484. The Balaban J connectivity index is 1.90. The molecule has 0 bridgehead atoms. The molecule has 0 aromatic heterocycles. The van der Waals surface area contributed by atoms with Crippen LogP contribution in [0.15, 0.2) is 36.4 Å². The fraction of sp³-hybridized carbons (Fsp3) is 0.200. The van der Waals surface area contributed by atoms with Gasteiger partial charge in [-0.3, -0.25) is 0 Å². The molecule has 2 N–H and O–H groups in total. The van der Waals surface area contributed by atoms with Gasteiger partial charge >= 0.3 is 0 Å². The first-order chi connectivity index (χ1) is 8.72. The molecular formula is C15H14ClNO. The number of hydrogen-bond donors (Lipinski definition) is 1. The first-order valence-corrected chi connectivity index (χ1v) is 6.45. The lowest BCUT2D eigenvalue weighted by Crippen LogP contribution is -1.92. The van der Waals surface area contributed by atoms with Crippen LogP contribution in [0.4, 0.5) is 5.69 Å². The molecule has 92 valence electrons. The highest BCUT2D eigenvalue weighted by Gasteiger charge is 2.12. The molecule has 3 heteroatoms. The van der Waals surface area contributed by atoms with Gasteiger partial charge in [0.15, 0.2) is 5.75 Å². The molecule has 0 heterocycles. The Morgan fingerprint density at radius 2 is 1.83 bits per heavy atom. The van der Waals surface area contributed by atoms with E-state index < -0.39 is 0 Å². The van der Waals surface area contributed by atoms with Gasteiger partial charge in [-0.25, -0.2) is 0 Å². The predicted molar refractivity (Wildman–Crippen MR) is 74.4 cm³/mol. The highest BCUT2D eigenvalue weighted by Crippen LogP contribution is 2.32. The summed E-state index contributed by atoms with van der Waals surface area (Å²) in [6.45, 7) is 0. The minimum Gasteiger partial charge on any atom is -0.455 e. The smallest absolute Gasteiger partial charge is 0.151 e. The van der Waals surface area contributed by atoms with E-state index in [1.165, 1.54) is 24.0 Å². The zero-order chi connectivity index (χ0) is 12.5. The molecule has 0 atom stereocenters. The zero-order valence-electron chi connectivity index (χ0n) is 9.95. The molecule has 0 saturated heterocycles. The number of nitrogen functional groups attached to an aromatic ring is 1. The third kappa shape index (κ3) is 2.16. The predicted octanol–water partition coefficient (Wildman–Crippen LogP) is 4.20. The maximum atomic E-state index is 5.94. The van der Waals surface area contributed by atoms with Crippen LogP contribution in [0, 0.1) is 0 Å². The minimum absolute atomic E-state index is 0.597. The van der Waals surface area contributed by atoms with Crippen molar-refractivity contribution in [1.29, 1.82) is 0 Å². The molecule has 2 aromatic carbocycles. The lowest BCUT2D eigenvalue weighted by Gasteiger charge is -2.10. The Kier molecular flexibility index (Phi) is 2.88. The summed E-state index contributed by atoms with van der Waals surface area (Å²) in [5.74, 6) is 1.44. The molecule has 0 saturated carbocycles. The van der Waals surface area contributed by atoms with E-state index in [0.29, 0.717) is 16.5 Å². The van der Waals surface area contributed by atoms with Gasteiger partial charge in [0.1, 0.15) is 5.75 Å². The van der Waals surface area contributed by atoms with Crippen LogP contribution in [0.2, 0.25) is 5.02 Å². The van der Waals surface area contributed by atoms with Gasteiger partial charge in [-0.15, -0.1) is 0 Å². The van der Waals surface area contributed by atoms with Crippen molar-refractivity contribution in [1.82, 2.24) is 0 Å². The molecule has 0 spiro atoms. The number of anilines is 1. The standard InChI is InChI=1S/C15H14ClNO/c16-12-5-7-14(17)15(9-12)18-13-6-4-10-2-1-3-11(10)8-13/h4-9H,1-3,17H2. The first kappa shape index (κ1) is 11.4. The fourth-order valence-electron chi connectivity index (χ4n) is 2.34. The molecule has 3 rings (SSSR count). The van der Waals surface area contributed by atoms with Gasteiger partial charge in [-0.1, -0.05) is 17.7 Å². The third-order valence-electron chi connectivity index (χ3n) is 3.27. The van der Waals surface area contributed by atoms with Crippen molar-refractivity contribution in [2.24, 2.45) is 0 Å². The van der Waals surface area contributed by atoms with Crippen molar-refractivity contribution in [3.05, 3.63) is 52.5 Å². The number of hydrogen-bond acceptors (Lipinski definition) is 2. The van der Waals surface area contributed by atoms with Crippen LogP contribution in [0.1, 0.15) is 17.5 Å². The van der Waals surface area contributed by atoms with Gasteiger partial charge in [-0.05, 0) is 54.7 Å². The van der Waals surface area contributed by atoms with Crippen molar-refractivity contribution < 1.29 is 4.74 Å². The summed E-state index contributed by atoms with van der Waals surface area (Å²) in [6.07, 6.45) is 3.55. The monoisotopic (exact) mass is 259 g/mol. The molecule has 18 heavy (non-hydrogen) atoms. The van der Waals surface area contributed by atoms with Crippen molar-refractivity contribution in [2.45, 2.75) is 19.3 Å². The molecule has 0 aliphatic heterocycles. The molecule has 1 aliphatic carbocycles. The topological polar surface area (TPSA) is 35.2 Å². The van der Waals surface area contributed by atoms with Crippen LogP contribution < -0.4 is 10.5 Å². The zero-order valence-corrected chi connectivity index (χ0v) is 10.7. The SMILES string of the molecule is Nc1ccc(Cl)cc1Oc1ccc2c(c1)CCC2. The second kappa shape index (κ2) is 4.54. The van der Waals surface area contributed by atoms with E-state index in [-0.39, 0.29) is 0 Å². The van der Waals surface area contributed by atoms with Crippen LogP contribution >= 0.6 is 11.6 Å². The number of halogens is 1. The second-order valence-electron chi connectivity index (χ2n) is 4.57. The van der Waals surface area contributed by atoms with Crippen molar-refractivity contribution in [3.63, 3.8) is 0 Å². The van der Waals surface area contributed by atoms with Crippen molar-refractivity contribution >= 4 is 17.3 Å². The molecule has 1 aliphatic rings. The number of fused-ring (bicyclic) bond motifs is 1. The molecule has 0 amide bonds. The van der Waals surface area contributed by atoms with E-state index >= 15 is 0 Å². The van der Waals surface area contributed by atoms with Crippen molar-refractivity contribution in [3.8, 4) is 11.5 Å². The van der Waals surface area contributed by atoms with Crippen molar-refractivity contribution in [2.75, 3.05) is 5.73 Å². The number of rotatable bonds is 2. The molecule has 0 fully saturated rings. The number of ether oxygens (including phenoxy) is 1. The van der Waals surface area contributed by atoms with Gasteiger partial charge in [0.05, 0.1) is 5.69 Å². The highest BCUT2D eigenvalue weighted by molar-refractivity contribution is 6.30. The van der Waals surface area contributed by atoms with E-state index in [9.17, 15) is 0 Å². The van der Waals surface area contributed by atoms with E-state index in [4.69, 9.17) is 22.1 Å². The van der Waals surface area contributed by atoms with Gasteiger partial charge in [0.2, 0.25) is 0 Å². The Morgan fingerprint density at radius 1 is 1.00 bits per heavy atom. The molecule has 0 unspecified atom stereocenters. The molecular weight excluding hydrogens is 246 g/mol. The largest absolute Gasteiger partial charge is 0.455 e. The second-order valence-corrected chi connectivity index (χ2v) is 5.00. The highest BCUT2D eigenvalue weighted by atomic mass is 35.5. The van der Waals surface area contributed by atoms with E-state index in [1.807, 2.05) is 6.07 Å². The van der Waals surface area contributed by atoms with Crippen LogP contribution in [-0.2, 0) is 12.8 Å². The summed E-state index contributed by atoms with van der Waals surface area (Å²) in [5, 5.41) is 0.625. The van der Waals surface area contributed by atoms with Gasteiger partial charge in [-0.2, -0.15) is 0 Å². The van der Waals surface area contributed by atoms with Crippen LogP contribution in [-0.4, -0.2) is 0 Å². The van der Waals surface area contributed by atoms with Gasteiger partial charge < -0.3 is 10.5 Å². The van der Waals surface area contributed by atoms with Crippen LogP contribution in [0.3, 0.4) is 0 Å². The number of aryl methyl sites for hydroxylation is 2. The summed E-state index contributed by atoms with van der Waals surface area (Å²) in [6, 6.07) is 11.5. The fourth-order valence-corrected chi connectivity index (χ4v) is 2.50. The molecule has 2 nitrogen and oxygen atoms in total. The third-order valence-corrected chi connectivity index (χ3v) is 3.51. The Morgan fingerprint density at radius 3 is 2.72 bits per heavy atom. The Labute approximate surface area is 111 Å². The lowest BCUT2D eigenvalue weighted by atomic mass is 10.1. The maximum absolute atomic E-state index is 5.94. The van der Waals surface area contributed by atoms with Gasteiger partial charge in [0.25, 0.3) is 0 Å².